The van der Waals surface area contributed by atoms with Gasteiger partial charge >= 0.3 is 23.5 Å². The van der Waals surface area contributed by atoms with Crippen LogP contribution in [-0.2, 0) is 17.8 Å². The number of carbonyl (C=O) groups excluding carboxylic acids is 2. The number of carbonyl (C=O) groups is 2. The first-order chi connectivity index (χ1) is 17.5. The van der Waals surface area contributed by atoms with Crippen molar-refractivity contribution in [1.82, 2.24) is 29.5 Å². The van der Waals surface area contributed by atoms with Gasteiger partial charge in [0.25, 0.3) is 0 Å². The van der Waals surface area contributed by atoms with Crippen LogP contribution in [0.4, 0.5) is 4.79 Å². The van der Waals surface area contributed by atoms with Crippen molar-refractivity contribution < 1.29 is 24.0 Å². The highest BCUT2D eigenvalue weighted by molar-refractivity contribution is 5.90. The molecule has 192 valence electrons. The zero-order valence-electron chi connectivity index (χ0n) is 20.0. The molecule has 2 amide bonds. The Morgan fingerprint density at radius 1 is 1.06 bits per heavy atom. The number of piperidine rings is 1. The van der Waals surface area contributed by atoms with Gasteiger partial charge in [0.05, 0.1) is 17.6 Å². The molecule has 0 radical (unpaired) electrons. The van der Waals surface area contributed by atoms with Crippen molar-refractivity contribution in [2.24, 2.45) is 11.8 Å². The number of hydrogen-bond acceptors (Lipinski definition) is 8. The first kappa shape index (κ1) is 24.2. The van der Waals surface area contributed by atoms with E-state index < -0.39 is 11.7 Å². The van der Waals surface area contributed by atoms with E-state index in [0.29, 0.717) is 49.8 Å². The van der Waals surface area contributed by atoms with Crippen molar-refractivity contribution in [3.63, 3.8) is 0 Å². The maximum Gasteiger partial charge on any atom is 0.337 e. The first-order valence-electron chi connectivity index (χ1n) is 12.3. The van der Waals surface area contributed by atoms with Crippen molar-refractivity contribution in [2.45, 2.75) is 38.8 Å². The molecule has 0 bridgehead atoms. The van der Waals surface area contributed by atoms with Crippen LogP contribution in [-0.4, -0.2) is 74.1 Å². The van der Waals surface area contributed by atoms with Crippen LogP contribution >= 0.6 is 0 Å². The van der Waals surface area contributed by atoms with Crippen LogP contribution in [0.2, 0.25) is 0 Å². The molecule has 2 saturated heterocycles. The number of aliphatic hydroxyl groups is 1. The third-order valence-electron chi connectivity index (χ3n) is 7.03. The first-order valence-corrected chi connectivity index (χ1v) is 12.3. The summed E-state index contributed by atoms with van der Waals surface area (Å²) in [5.74, 6) is 0.128. The minimum absolute atomic E-state index is 0.103. The van der Waals surface area contributed by atoms with Gasteiger partial charge in [0, 0.05) is 39.5 Å². The van der Waals surface area contributed by atoms with Crippen molar-refractivity contribution >= 4 is 23.0 Å². The molecule has 5 rings (SSSR count). The molecule has 2 N–H and O–H groups in total. The molecule has 36 heavy (non-hydrogen) atoms. The fourth-order valence-corrected chi connectivity index (χ4v) is 4.87. The number of likely N-dealkylation sites (tertiary alicyclic amines) is 1. The van der Waals surface area contributed by atoms with Gasteiger partial charge in [0.1, 0.15) is 0 Å². The second kappa shape index (κ2) is 10.6. The van der Waals surface area contributed by atoms with Crippen molar-refractivity contribution in [3.8, 4) is 0 Å². The molecule has 1 aromatic carbocycles. The summed E-state index contributed by atoms with van der Waals surface area (Å²) in [7, 11) is 0. The third-order valence-corrected chi connectivity index (χ3v) is 7.03. The van der Waals surface area contributed by atoms with E-state index in [1.165, 1.54) is 0 Å². The molecular weight excluding hydrogens is 468 g/mol. The Morgan fingerprint density at radius 3 is 2.50 bits per heavy atom. The minimum atomic E-state index is -0.606. The van der Waals surface area contributed by atoms with Gasteiger partial charge in [0.2, 0.25) is 0 Å². The molecule has 2 fully saturated rings. The maximum absolute atomic E-state index is 13.2. The molecular formula is C24H30N6O6. The highest BCUT2D eigenvalue weighted by Crippen LogP contribution is 2.20. The summed E-state index contributed by atoms with van der Waals surface area (Å²) < 4.78 is 13.3. The zero-order valence-corrected chi connectivity index (χ0v) is 20.0. The Morgan fingerprint density at radius 2 is 1.78 bits per heavy atom. The van der Waals surface area contributed by atoms with Gasteiger partial charge in [-0.05, 0) is 49.7 Å². The Kier molecular flexibility index (Phi) is 7.14. The van der Waals surface area contributed by atoms with Gasteiger partial charge in [0.15, 0.2) is 5.82 Å². The number of benzene rings is 1. The number of nitrogens with one attached hydrogen (secondary N) is 1. The Labute approximate surface area is 206 Å². The average molecular weight is 499 g/mol. The average Bonchev–Trinajstić information content (AvgIpc) is 3.50. The molecule has 0 aliphatic carbocycles. The number of para-hydroxylation sites is 2. The summed E-state index contributed by atoms with van der Waals surface area (Å²) in [6.07, 6.45) is 3.18. The van der Waals surface area contributed by atoms with Gasteiger partial charge in [-0.1, -0.05) is 17.3 Å². The van der Waals surface area contributed by atoms with E-state index in [9.17, 15) is 19.5 Å². The van der Waals surface area contributed by atoms with E-state index in [-0.39, 0.29) is 36.7 Å². The van der Waals surface area contributed by atoms with Crippen LogP contribution < -0.4 is 11.0 Å². The maximum atomic E-state index is 13.2. The predicted octanol–water partition coefficient (Wildman–Crippen LogP) is 1.21. The van der Waals surface area contributed by atoms with Crippen LogP contribution in [0.3, 0.4) is 0 Å². The molecule has 0 saturated carbocycles. The van der Waals surface area contributed by atoms with Gasteiger partial charge in [-0.3, -0.25) is 9.36 Å². The Hall–Kier alpha value is -3.51. The molecule has 0 spiro atoms. The van der Waals surface area contributed by atoms with E-state index in [4.69, 9.17) is 9.26 Å². The smallest absolute Gasteiger partial charge is 0.337 e. The minimum Gasteiger partial charge on any atom is -0.396 e. The quantitative estimate of drug-likeness (QED) is 0.516. The number of amides is 2. The number of aliphatic hydroxyl groups excluding tert-OH is 1. The molecule has 4 heterocycles. The summed E-state index contributed by atoms with van der Waals surface area (Å²) in [5.41, 5.74) is 0.805. The normalized spacial score (nSPS) is 17.5. The largest absolute Gasteiger partial charge is 0.396 e. The summed E-state index contributed by atoms with van der Waals surface area (Å²) in [5, 5.41) is 15.7. The van der Waals surface area contributed by atoms with Crippen LogP contribution in [0.5, 0.6) is 0 Å². The molecule has 3 aromatic rings. The number of nitrogens with zero attached hydrogens (tertiary/aromatic N) is 5. The predicted molar refractivity (Wildman–Crippen MR) is 127 cm³/mol. The summed E-state index contributed by atoms with van der Waals surface area (Å²) in [4.78, 5) is 44.7. The molecule has 12 heteroatoms. The summed E-state index contributed by atoms with van der Waals surface area (Å²) >= 11 is 0. The van der Waals surface area contributed by atoms with Gasteiger partial charge in [-0.15, -0.1) is 0 Å². The summed E-state index contributed by atoms with van der Waals surface area (Å²) in [6.45, 7) is 2.91. The van der Waals surface area contributed by atoms with E-state index in [2.05, 4.69) is 15.5 Å². The third kappa shape index (κ3) is 4.91. The molecule has 2 aliphatic rings. The van der Waals surface area contributed by atoms with Gasteiger partial charge in [-0.2, -0.15) is 4.98 Å². The second-order valence-electron chi connectivity index (χ2n) is 9.37. The molecule has 2 aromatic heterocycles. The molecule has 0 atom stereocenters. The van der Waals surface area contributed by atoms with Crippen LogP contribution in [0.15, 0.2) is 33.6 Å². The second-order valence-corrected chi connectivity index (χ2v) is 9.37. The van der Waals surface area contributed by atoms with Gasteiger partial charge in [-0.25, -0.2) is 14.2 Å². The fourth-order valence-electron chi connectivity index (χ4n) is 4.87. The Balaban J connectivity index is 1.27. The number of hydrogen-bond donors (Lipinski definition) is 2. The lowest BCUT2D eigenvalue weighted by Crippen LogP contribution is -2.39. The summed E-state index contributed by atoms with van der Waals surface area (Å²) in [6, 6.07) is 6.59. The topological polar surface area (TPSA) is 145 Å². The van der Waals surface area contributed by atoms with E-state index in [0.717, 1.165) is 30.3 Å². The lowest BCUT2D eigenvalue weighted by atomic mass is 9.98. The highest BCUT2D eigenvalue weighted by atomic mass is 16.5. The zero-order chi connectivity index (χ0) is 25.1. The molecule has 12 nitrogen and oxygen atoms in total. The standard InChI is InChI=1S/C24H30N6O6/c31-15-17-5-9-28(10-6-17)22(32)21-26-20(27-36-21)13-25-23(33)30-19-4-2-1-3-18(19)29(24(30)34)14-16-7-11-35-12-8-16/h1-4,16-17,31H,5-15H2,(H,25,33). The number of ether oxygens (including phenoxy) is 1. The SMILES string of the molecule is O=C(c1nc(CNC(=O)n2c(=O)n(CC3CCOCC3)c3ccccc32)no1)N1CCC(CO)CC1. The van der Waals surface area contributed by atoms with Crippen molar-refractivity contribution in [3.05, 3.63) is 46.5 Å². The van der Waals surface area contributed by atoms with Crippen molar-refractivity contribution in [1.29, 1.82) is 0 Å². The monoisotopic (exact) mass is 498 g/mol. The van der Waals surface area contributed by atoms with E-state index >= 15 is 0 Å². The lowest BCUT2D eigenvalue weighted by Gasteiger charge is -2.29. The number of imidazole rings is 1. The molecule has 0 unspecified atom stereocenters. The van der Waals surface area contributed by atoms with E-state index in [1.54, 1.807) is 21.6 Å². The van der Waals surface area contributed by atoms with E-state index in [1.807, 2.05) is 12.1 Å². The number of fused-ring (bicyclic) bond motifs is 1. The fraction of sp³-hybridized carbons (Fsp3) is 0.542. The van der Waals surface area contributed by atoms with Crippen LogP contribution in [0, 0.1) is 11.8 Å². The Bertz CT molecular complexity index is 1280. The van der Waals surface area contributed by atoms with Crippen LogP contribution in [0.1, 0.15) is 42.2 Å². The molecule has 2 aliphatic heterocycles. The lowest BCUT2D eigenvalue weighted by molar-refractivity contribution is 0.0602. The van der Waals surface area contributed by atoms with Crippen molar-refractivity contribution in [2.75, 3.05) is 32.9 Å². The van der Waals surface area contributed by atoms with Gasteiger partial charge < -0.3 is 24.6 Å². The van der Waals surface area contributed by atoms with Crippen LogP contribution in [0.25, 0.3) is 11.0 Å². The highest BCUT2D eigenvalue weighted by Gasteiger charge is 2.27. The number of aromatic nitrogens is 4. The number of rotatable bonds is 6.